The fourth-order valence-electron chi connectivity index (χ4n) is 2.37. The molecule has 1 saturated carbocycles. The van der Waals surface area contributed by atoms with Crippen LogP contribution in [0.4, 0.5) is 0 Å². The molecule has 0 radical (unpaired) electrons. The second kappa shape index (κ2) is 5.91. The van der Waals surface area contributed by atoms with E-state index >= 15 is 0 Å². The van der Waals surface area contributed by atoms with E-state index in [0.29, 0.717) is 4.75 Å². The Bertz CT molecular complexity index is 339. The summed E-state index contributed by atoms with van der Waals surface area (Å²) in [6.07, 6.45) is 9.42. The minimum Gasteiger partial charge on any atom is -0.310 e. The molecule has 0 saturated heterocycles. The van der Waals surface area contributed by atoms with Gasteiger partial charge in [-0.3, -0.25) is 4.68 Å². The first-order chi connectivity index (χ1) is 8.29. The van der Waals surface area contributed by atoms with Crippen molar-refractivity contribution in [3.05, 3.63) is 18.0 Å². The topological polar surface area (TPSA) is 29.9 Å². The van der Waals surface area contributed by atoms with E-state index in [1.807, 2.05) is 18.0 Å². The molecule has 0 unspecified atom stereocenters. The normalized spacial score (nSPS) is 18.0. The number of nitrogens with zero attached hydrogens (tertiary/aromatic N) is 2. The molecule has 4 heteroatoms. The molecule has 17 heavy (non-hydrogen) atoms. The minimum atomic E-state index is 0.523. The standard InChI is InChI=1S/C13H23N3S/c1-3-9-16-12(5-8-15-16)10-14-11-13(17-2)6-4-7-13/h5,8,14H,3-4,6-7,9-11H2,1-2H3. The van der Waals surface area contributed by atoms with Gasteiger partial charge < -0.3 is 5.32 Å². The number of rotatable bonds is 7. The molecule has 96 valence electrons. The molecule has 1 aliphatic carbocycles. The van der Waals surface area contributed by atoms with Crippen LogP contribution in [0.3, 0.4) is 0 Å². The Morgan fingerprint density at radius 3 is 2.94 bits per heavy atom. The van der Waals surface area contributed by atoms with Crippen LogP contribution in [-0.4, -0.2) is 27.3 Å². The van der Waals surface area contributed by atoms with E-state index in [4.69, 9.17) is 0 Å². The largest absolute Gasteiger partial charge is 0.310 e. The smallest absolute Gasteiger partial charge is 0.0522 e. The summed E-state index contributed by atoms with van der Waals surface area (Å²) in [6, 6.07) is 2.12. The van der Waals surface area contributed by atoms with E-state index in [9.17, 15) is 0 Å². The molecule has 0 aromatic carbocycles. The molecule has 0 spiro atoms. The molecule has 3 nitrogen and oxygen atoms in total. The number of aryl methyl sites for hydroxylation is 1. The molecule has 0 bridgehead atoms. The summed E-state index contributed by atoms with van der Waals surface area (Å²) < 4.78 is 2.63. The summed E-state index contributed by atoms with van der Waals surface area (Å²) >= 11 is 2.03. The zero-order chi connectivity index (χ0) is 12.1. The second-order valence-electron chi connectivity index (χ2n) is 4.89. The Balaban J connectivity index is 1.79. The highest BCUT2D eigenvalue weighted by Gasteiger charge is 2.35. The Morgan fingerprint density at radius 2 is 2.35 bits per heavy atom. The van der Waals surface area contributed by atoms with Gasteiger partial charge in [-0.15, -0.1) is 0 Å². The van der Waals surface area contributed by atoms with Gasteiger partial charge in [0.1, 0.15) is 0 Å². The van der Waals surface area contributed by atoms with Crippen LogP contribution in [0.25, 0.3) is 0 Å². The van der Waals surface area contributed by atoms with Crippen molar-refractivity contribution < 1.29 is 0 Å². The number of hydrogen-bond donors (Lipinski definition) is 1. The first kappa shape index (κ1) is 13.0. The van der Waals surface area contributed by atoms with Crippen LogP contribution in [0.1, 0.15) is 38.3 Å². The van der Waals surface area contributed by atoms with Gasteiger partial charge in [0.25, 0.3) is 0 Å². The first-order valence-corrected chi connectivity index (χ1v) is 7.79. The average Bonchev–Trinajstić information content (AvgIpc) is 2.71. The van der Waals surface area contributed by atoms with Crippen LogP contribution in [0.15, 0.2) is 12.3 Å². The van der Waals surface area contributed by atoms with Crippen molar-refractivity contribution >= 4 is 11.8 Å². The van der Waals surface area contributed by atoms with E-state index in [1.165, 1.54) is 25.0 Å². The predicted molar refractivity (Wildman–Crippen MR) is 74.3 cm³/mol. The van der Waals surface area contributed by atoms with Gasteiger partial charge in [-0.1, -0.05) is 13.3 Å². The fraction of sp³-hybridized carbons (Fsp3) is 0.769. The van der Waals surface area contributed by atoms with Gasteiger partial charge in [0, 0.05) is 30.6 Å². The maximum atomic E-state index is 4.35. The average molecular weight is 253 g/mol. The third kappa shape index (κ3) is 3.05. The number of hydrogen-bond acceptors (Lipinski definition) is 3. The molecule has 1 aromatic rings. The van der Waals surface area contributed by atoms with Crippen LogP contribution < -0.4 is 5.32 Å². The molecule has 0 atom stereocenters. The lowest BCUT2D eigenvalue weighted by Crippen LogP contribution is -2.43. The van der Waals surface area contributed by atoms with Crippen molar-refractivity contribution in [3.63, 3.8) is 0 Å². The third-order valence-corrected chi connectivity index (χ3v) is 5.11. The molecule has 1 heterocycles. The molecule has 1 aromatic heterocycles. The Hall–Kier alpha value is -0.480. The molecule has 1 aliphatic rings. The molecule has 0 amide bonds. The zero-order valence-corrected chi connectivity index (χ0v) is 11.7. The van der Waals surface area contributed by atoms with E-state index < -0.39 is 0 Å². The van der Waals surface area contributed by atoms with Gasteiger partial charge in [-0.25, -0.2) is 0 Å². The Labute approximate surface area is 108 Å². The molecule has 0 aliphatic heterocycles. The van der Waals surface area contributed by atoms with E-state index in [0.717, 1.165) is 26.1 Å². The van der Waals surface area contributed by atoms with Gasteiger partial charge in [-0.2, -0.15) is 16.9 Å². The number of thioether (sulfide) groups is 1. The van der Waals surface area contributed by atoms with E-state index in [-0.39, 0.29) is 0 Å². The van der Waals surface area contributed by atoms with Crippen molar-refractivity contribution in [2.45, 2.75) is 50.4 Å². The van der Waals surface area contributed by atoms with Crippen molar-refractivity contribution in [1.82, 2.24) is 15.1 Å². The van der Waals surface area contributed by atoms with Gasteiger partial charge >= 0.3 is 0 Å². The zero-order valence-electron chi connectivity index (χ0n) is 10.9. The highest BCUT2D eigenvalue weighted by atomic mass is 32.2. The maximum absolute atomic E-state index is 4.35. The highest BCUT2D eigenvalue weighted by molar-refractivity contribution is 8.00. The molecule has 1 fully saturated rings. The van der Waals surface area contributed by atoms with Crippen LogP contribution in [0.2, 0.25) is 0 Å². The van der Waals surface area contributed by atoms with E-state index in [2.05, 4.69) is 34.3 Å². The van der Waals surface area contributed by atoms with Gasteiger partial charge in [0.05, 0.1) is 5.69 Å². The third-order valence-electron chi connectivity index (χ3n) is 3.69. The van der Waals surface area contributed by atoms with Crippen LogP contribution in [0, 0.1) is 0 Å². The highest BCUT2D eigenvalue weighted by Crippen LogP contribution is 2.42. The summed E-state index contributed by atoms with van der Waals surface area (Å²) in [5, 5.41) is 7.95. The SMILES string of the molecule is CCCn1nccc1CNCC1(SC)CCC1. The number of aromatic nitrogens is 2. The lowest BCUT2D eigenvalue weighted by atomic mass is 9.84. The van der Waals surface area contributed by atoms with Crippen molar-refractivity contribution in [2.24, 2.45) is 0 Å². The summed E-state index contributed by atoms with van der Waals surface area (Å²) in [4.78, 5) is 0. The van der Waals surface area contributed by atoms with Crippen LogP contribution >= 0.6 is 11.8 Å². The van der Waals surface area contributed by atoms with Crippen molar-refractivity contribution in [2.75, 3.05) is 12.8 Å². The molecular formula is C13H23N3S. The molecule has 1 N–H and O–H groups in total. The Kier molecular flexibility index (Phi) is 4.51. The van der Waals surface area contributed by atoms with Gasteiger partial charge in [0.2, 0.25) is 0 Å². The van der Waals surface area contributed by atoms with Gasteiger partial charge in [0.15, 0.2) is 0 Å². The van der Waals surface area contributed by atoms with E-state index in [1.54, 1.807) is 0 Å². The van der Waals surface area contributed by atoms with Gasteiger partial charge in [-0.05, 0) is 31.6 Å². The van der Waals surface area contributed by atoms with Crippen LogP contribution in [0.5, 0.6) is 0 Å². The first-order valence-electron chi connectivity index (χ1n) is 6.56. The Morgan fingerprint density at radius 1 is 1.53 bits per heavy atom. The summed E-state index contributed by atoms with van der Waals surface area (Å²) in [5.74, 6) is 0. The number of nitrogens with one attached hydrogen (secondary N) is 1. The fourth-order valence-corrected chi connectivity index (χ4v) is 3.31. The monoisotopic (exact) mass is 253 g/mol. The quantitative estimate of drug-likeness (QED) is 0.810. The summed E-state index contributed by atoms with van der Waals surface area (Å²) in [5.41, 5.74) is 1.31. The summed E-state index contributed by atoms with van der Waals surface area (Å²) in [6.45, 7) is 5.29. The summed E-state index contributed by atoms with van der Waals surface area (Å²) in [7, 11) is 0. The second-order valence-corrected chi connectivity index (χ2v) is 6.16. The van der Waals surface area contributed by atoms with Crippen molar-refractivity contribution in [3.8, 4) is 0 Å². The van der Waals surface area contributed by atoms with Crippen LogP contribution in [-0.2, 0) is 13.1 Å². The minimum absolute atomic E-state index is 0.523. The molecule has 2 rings (SSSR count). The maximum Gasteiger partial charge on any atom is 0.0522 e. The lowest BCUT2D eigenvalue weighted by Gasteiger charge is -2.40. The predicted octanol–water partition coefficient (Wildman–Crippen LogP) is 2.67. The lowest BCUT2D eigenvalue weighted by molar-refractivity contribution is 0.343. The molecular weight excluding hydrogens is 230 g/mol. The van der Waals surface area contributed by atoms with Crippen molar-refractivity contribution in [1.29, 1.82) is 0 Å².